The van der Waals surface area contributed by atoms with Gasteiger partial charge in [0.05, 0.1) is 5.75 Å². The van der Waals surface area contributed by atoms with Gasteiger partial charge in [0, 0.05) is 5.56 Å². The van der Waals surface area contributed by atoms with Crippen molar-refractivity contribution in [3.8, 4) is 0 Å². The molecule has 0 radical (unpaired) electrons. The zero-order chi connectivity index (χ0) is 12.8. The van der Waals surface area contributed by atoms with Crippen molar-refractivity contribution in [2.45, 2.75) is 39.4 Å². The van der Waals surface area contributed by atoms with Gasteiger partial charge < -0.3 is 0 Å². The summed E-state index contributed by atoms with van der Waals surface area (Å²) in [5.41, 5.74) is 2.12. The lowest BCUT2D eigenvalue weighted by Gasteiger charge is -2.08. The molecular formula is C15H22OS. The predicted octanol–water partition coefficient (Wildman–Crippen LogP) is 4.21. The van der Waals surface area contributed by atoms with Crippen LogP contribution in [0.1, 0.15) is 43.6 Å². The molecule has 0 saturated carbocycles. The van der Waals surface area contributed by atoms with Crippen molar-refractivity contribution < 1.29 is 4.79 Å². The van der Waals surface area contributed by atoms with Crippen LogP contribution in [0.15, 0.2) is 24.3 Å². The molecule has 1 nitrogen and oxygen atoms in total. The number of benzene rings is 1. The van der Waals surface area contributed by atoms with Crippen LogP contribution in [0.25, 0.3) is 0 Å². The summed E-state index contributed by atoms with van der Waals surface area (Å²) in [7, 11) is 0. The van der Waals surface area contributed by atoms with E-state index in [0.29, 0.717) is 16.9 Å². The number of rotatable bonds is 6. The van der Waals surface area contributed by atoms with E-state index in [-0.39, 0.29) is 5.78 Å². The third kappa shape index (κ3) is 5.40. The monoisotopic (exact) mass is 250 g/mol. The van der Waals surface area contributed by atoms with Crippen molar-refractivity contribution in [2.75, 3.05) is 5.75 Å². The molecule has 0 saturated heterocycles. The second-order valence-electron chi connectivity index (χ2n) is 5.08. The topological polar surface area (TPSA) is 17.1 Å². The zero-order valence-electron chi connectivity index (χ0n) is 11.2. The van der Waals surface area contributed by atoms with Gasteiger partial charge in [-0.3, -0.25) is 4.79 Å². The van der Waals surface area contributed by atoms with E-state index in [0.717, 1.165) is 12.0 Å². The average Bonchev–Trinajstić information content (AvgIpc) is 2.25. The minimum absolute atomic E-state index is 0.245. The van der Waals surface area contributed by atoms with Gasteiger partial charge in [0.15, 0.2) is 5.78 Å². The van der Waals surface area contributed by atoms with E-state index < -0.39 is 0 Å². The molecule has 2 heteroatoms. The van der Waals surface area contributed by atoms with E-state index in [1.807, 2.05) is 18.2 Å². The number of carbonyl (C=O) groups is 1. The molecule has 0 spiro atoms. The molecule has 94 valence electrons. The Morgan fingerprint density at radius 1 is 1.24 bits per heavy atom. The number of thioether (sulfide) groups is 1. The molecule has 17 heavy (non-hydrogen) atoms. The van der Waals surface area contributed by atoms with Crippen molar-refractivity contribution in [3.63, 3.8) is 0 Å². The Bertz CT molecular complexity index is 369. The first-order valence-corrected chi connectivity index (χ1v) is 7.27. The van der Waals surface area contributed by atoms with Gasteiger partial charge in [-0.2, -0.15) is 11.8 Å². The molecule has 0 amide bonds. The smallest absolute Gasteiger partial charge is 0.172 e. The minimum Gasteiger partial charge on any atom is -0.293 e. The Labute approximate surface area is 109 Å². The van der Waals surface area contributed by atoms with Crippen molar-refractivity contribution in [1.29, 1.82) is 0 Å². The lowest BCUT2D eigenvalue weighted by atomic mass is 10.00. The van der Waals surface area contributed by atoms with Crippen LogP contribution in [-0.2, 0) is 6.42 Å². The third-order valence-corrected chi connectivity index (χ3v) is 3.54. The Hall–Kier alpha value is -0.760. The second-order valence-corrected chi connectivity index (χ2v) is 6.65. The van der Waals surface area contributed by atoms with Gasteiger partial charge in [0.2, 0.25) is 0 Å². The van der Waals surface area contributed by atoms with Gasteiger partial charge in [0.1, 0.15) is 0 Å². The van der Waals surface area contributed by atoms with Crippen LogP contribution in [0.5, 0.6) is 0 Å². The highest BCUT2D eigenvalue weighted by atomic mass is 32.2. The fourth-order valence-electron chi connectivity index (χ4n) is 1.67. The van der Waals surface area contributed by atoms with Crippen LogP contribution in [0.3, 0.4) is 0 Å². The van der Waals surface area contributed by atoms with Crippen molar-refractivity contribution >= 4 is 17.5 Å². The van der Waals surface area contributed by atoms with Crippen LogP contribution in [0.2, 0.25) is 0 Å². The molecule has 0 fully saturated rings. The maximum absolute atomic E-state index is 12.0. The normalized spacial score (nSPS) is 11.2. The first-order chi connectivity index (χ1) is 7.99. The fraction of sp³-hybridized carbons (Fsp3) is 0.533. The average molecular weight is 250 g/mol. The maximum Gasteiger partial charge on any atom is 0.172 e. The fourth-order valence-corrected chi connectivity index (χ4v) is 2.32. The molecule has 0 aliphatic rings. The van der Waals surface area contributed by atoms with E-state index in [1.54, 1.807) is 11.8 Å². The molecule has 0 aromatic heterocycles. The minimum atomic E-state index is 0.245. The van der Waals surface area contributed by atoms with E-state index in [4.69, 9.17) is 0 Å². The Balaban J connectivity index is 2.67. The first kappa shape index (κ1) is 14.3. The Morgan fingerprint density at radius 2 is 1.94 bits per heavy atom. The molecule has 0 aliphatic carbocycles. The van der Waals surface area contributed by atoms with E-state index in [1.165, 1.54) is 5.56 Å². The third-order valence-electron chi connectivity index (χ3n) is 2.44. The van der Waals surface area contributed by atoms with Crippen LogP contribution in [-0.4, -0.2) is 16.8 Å². The summed E-state index contributed by atoms with van der Waals surface area (Å²) in [6.45, 7) is 8.63. The van der Waals surface area contributed by atoms with Gasteiger partial charge in [0.25, 0.3) is 0 Å². The molecule has 0 heterocycles. The SMILES string of the molecule is CC(C)Cc1cccc(C(=O)CSC(C)C)c1. The van der Waals surface area contributed by atoms with E-state index in [2.05, 4.69) is 33.8 Å². The lowest BCUT2D eigenvalue weighted by molar-refractivity contribution is 0.102. The summed E-state index contributed by atoms with van der Waals surface area (Å²) in [6, 6.07) is 8.06. The summed E-state index contributed by atoms with van der Waals surface area (Å²) >= 11 is 1.70. The van der Waals surface area contributed by atoms with Crippen LogP contribution < -0.4 is 0 Å². The summed E-state index contributed by atoms with van der Waals surface area (Å²) in [4.78, 5) is 12.0. The van der Waals surface area contributed by atoms with Gasteiger partial charge >= 0.3 is 0 Å². The predicted molar refractivity (Wildman–Crippen MR) is 76.9 cm³/mol. The number of Topliss-reactive ketones (excluding diaryl/α,β-unsaturated/α-hetero) is 1. The van der Waals surface area contributed by atoms with Gasteiger partial charge in [-0.05, 0) is 29.2 Å². The Kier molecular flexibility index (Phi) is 5.76. The molecule has 0 bridgehead atoms. The van der Waals surface area contributed by atoms with Gasteiger partial charge in [-0.25, -0.2) is 0 Å². The number of ketones is 1. The summed E-state index contributed by atoms with van der Waals surface area (Å²) in [6.07, 6.45) is 1.04. The molecule has 1 rings (SSSR count). The molecule has 0 atom stereocenters. The molecule has 0 N–H and O–H groups in total. The Morgan fingerprint density at radius 3 is 2.53 bits per heavy atom. The van der Waals surface area contributed by atoms with E-state index in [9.17, 15) is 4.79 Å². The molecule has 1 aromatic rings. The molecule has 0 aliphatic heterocycles. The highest BCUT2D eigenvalue weighted by Crippen LogP contribution is 2.15. The second kappa shape index (κ2) is 6.85. The zero-order valence-corrected chi connectivity index (χ0v) is 12.0. The van der Waals surface area contributed by atoms with E-state index >= 15 is 0 Å². The highest BCUT2D eigenvalue weighted by molar-refractivity contribution is 8.00. The lowest BCUT2D eigenvalue weighted by Crippen LogP contribution is -2.06. The first-order valence-electron chi connectivity index (χ1n) is 6.22. The van der Waals surface area contributed by atoms with Crippen molar-refractivity contribution in [2.24, 2.45) is 5.92 Å². The highest BCUT2D eigenvalue weighted by Gasteiger charge is 2.08. The van der Waals surface area contributed by atoms with Gasteiger partial charge in [-0.1, -0.05) is 45.9 Å². The van der Waals surface area contributed by atoms with Crippen LogP contribution in [0, 0.1) is 5.92 Å². The largest absolute Gasteiger partial charge is 0.293 e. The van der Waals surface area contributed by atoms with Gasteiger partial charge in [-0.15, -0.1) is 0 Å². The van der Waals surface area contributed by atoms with Crippen molar-refractivity contribution in [1.82, 2.24) is 0 Å². The number of hydrogen-bond acceptors (Lipinski definition) is 2. The maximum atomic E-state index is 12.0. The molecule has 0 unspecified atom stereocenters. The summed E-state index contributed by atoms with van der Waals surface area (Å²) in [5.74, 6) is 1.46. The summed E-state index contributed by atoms with van der Waals surface area (Å²) in [5, 5.41) is 0.512. The summed E-state index contributed by atoms with van der Waals surface area (Å²) < 4.78 is 0. The van der Waals surface area contributed by atoms with Crippen LogP contribution in [0.4, 0.5) is 0 Å². The number of hydrogen-bond donors (Lipinski definition) is 0. The quantitative estimate of drug-likeness (QED) is 0.704. The standard InChI is InChI=1S/C15H22OS/c1-11(2)8-13-6-5-7-14(9-13)15(16)10-17-12(3)4/h5-7,9,11-12H,8,10H2,1-4H3. The molecule has 1 aromatic carbocycles. The molecular weight excluding hydrogens is 228 g/mol. The van der Waals surface area contributed by atoms with Crippen LogP contribution >= 0.6 is 11.8 Å². The van der Waals surface area contributed by atoms with Crippen molar-refractivity contribution in [3.05, 3.63) is 35.4 Å². The number of carbonyl (C=O) groups excluding carboxylic acids is 1.